The molecule has 0 saturated heterocycles. The van der Waals surface area contributed by atoms with E-state index in [4.69, 9.17) is 4.55 Å². The maximum absolute atomic E-state index is 11.6. The molecule has 0 radical (unpaired) electrons. The minimum absolute atomic E-state index is 0.566. The Balaban J connectivity index is 3.45. The first-order valence-electron chi connectivity index (χ1n) is 1.73. The van der Waals surface area contributed by atoms with Crippen molar-refractivity contribution < 1.29 is 17.3 Å². The Labute approximate surface area is 48.6 Å². The molecule has 0 aliphatic heterocycles. The van der Waals surface area contributed by atoms with Crippen molar-refractivity contribution in [2.24, 2.45) is 0 Å². The van der Waals surface area contributed by atoms with E-state index in [1.807, 2.05) is 0 Å². The van der Waals surface area contributed by atoms with Crippen molar-refractivity contribution in [1.82, 2.24) is 0 Å². The van der Waals surface area contributed by atoms with Crippen LogP contribution in [0.3, 0.4) is 0 Å². The van der Waals surface area contributed by atoms with E-state index < -0.39 is 17.2 Å². The largest absolute Gasteiger partial charge is 0.385 e. The molecule has 1 atom stereocenters. The van der Waals surface area contributed by atoms with E-state index in [-0.39, 0.29) is 0 Å². The Morgan fingerprint density at radius 2 is 2.50 bits per heavy atom. The van der Waals surface area contributed by atoms with Gasteiger partial charge in [-0.25, -0.2) is 4.39 Å². The highest BCUT2D eigenvalue weighted by atomic mass is 32.2. The topological polar surface area (TPSA) is 46.5 Å². The average molecular weight is 140 g/mol. The minimum atomic E-state index is -2.40. The quantitative estimate of drug-likeness (QED) is 0.459. The van der Waals surface area contributed by atoms with Crippen LogP contribution in [-0.4, -0.2) is 8.76 Å². The van der Waals surface area contributed by atoms with Crippen LogP contribution in [0, 0.1) is 0 Å². The summed E-state index contributed by atoms with van der Waals surface area (Å²) in [4.78, 5) is 0. The molecule has 0 aliphatic rings. The van der Waals surface area contributed by atoms with Crippen molar-refractivity contribution in [1.29, 1.82) is 0 Å². The molecule has 0 aromatic carbocycles. The fourth-order valence-electron chi connectivity index (χ4n) is 0.107. The van der Waals surface area contributed by atoms with Gasteiger partial charge in [-0.1, -0.05) is 0 Å². The number of hydrogen-bond acceptors (Lipinski definition) is 2. The molecule has 0 saturated carbocycles. The second-order valence-electron chi connectivity index (χ2n) is 1.02. The molecule has 3 nitrogen and oxygen atoms in total. The highest BCUT2D eigenvalue weighted by Gasteiger charge is 1.86. The van der Waals surface area contributed by atoms with Crippen LogP contribution in [0.1, 0.15) is 6.92 Å². The summed E-state index contributed by atoms with van der Waals surface area (Å²) in [5.74, 6) is -0.646. The van der Waals surface area contributed by atoms with Gasteiger partial charge in [0.15, 0.2) is 0 Å². The zero-order valence-corrected chi connectivity index (χ0v) is 4.94. The summed E-state index contributed by atoms with van der Waals surface area (Å²) in [6.07, 6.45) is 0.566. The standard InChI is InChI=1S/C3H5FO3S/c1-3(4)2-7-8(5)6/h2H,1H3,(H,5,6). The van der Waals surface area contributed by atoms with Crippen LogP contribution in [-0.2, 0) is 15.5 Å². The fraction of sp³-hybridized carbons (Fsp3) is 0.333. The molecular formula is C3H5FO3S. The zero-order chi connectivity index (χ0) is 6.57. The van der Waals surface area contributed by atoms with E-state index >= 15 is 0 Å². The van der Waals surface area contributed by atoms with Gasteiger partial charge in [0.1, 0.15) is 12.1 Å². The first-order valence-corrected chi connectivity index (χ1v) is 2.76. The molecule has 1 N–H and O–H groups in total. The monoisotopic (exact) mass is 140 g/mol. The summed E-state index contributed by atoms with van der Waals surface area (Å²) < 4.78 is 32.8. The molecule has 0 heterocycles. The molecule has 1 unspecified atom stereocenters. The van der Waals surface area contributed by atoms with E-state index in [0.717, 1.165) is 6.92 Å². The summed E-state index contributed by atoms with van der Waals surface area (Å²) in [7, 11) is 0. The van der Waals surface area contributed by atoms with Gasteiger partial charge in [0.25, 0.3) is 0 Å². The molecule has 0 aliphatic carbocycles. The average Bonchev–Trinajstić information content (AvgIpc) is 1.61. The second-order valence-corrected chi connectivity index (χ2v) is 1.64. The predicted molar refractivity (Wildman–Crippen MR) is 26.7 cm³/mol. The summed E-state index contributed by atoms with van der Waals surface area (Å²) in [6.45, 7) is 1.10. The SMILES string of the molecule is CC(F)=COS(=O)O. The third-order valence-corrected chi connectivity index (χ3v) is 0.554. The van der Waals surface area contributed by atoms with E-state index in [9.17, 15) is 8.60 Å². The third kappa shape index (κ3) is 5.58. The summed E-state index contributed by atoms with van der Waals surface area (Å²) in [5, 5.41) is 0. The van der Waals surface area contributed by atoms with Crippen LogP contribution in [0.2, 0.25) is 0 Å². The first-order chi connectivity index (χ1) is 3.63. The third-order valence-electron chi connectivity index (χ3n) is 0.293. The Hall–Kier alpha value is -0.420. The summed E-state index contributed by atoms with van der Waals surface area (Å²) >= 11 is -2.40. The van der Waals surface area contributed by atoms with Crippen LogP contribution >= 0.6 is 0 Å². The van der Waals surface area contributed by atoms with E-state index in [0.29, 0.717) is 6.26 Å². The highest BCUT2D eigenvalue weighted by molar-refractivity contribution is 7.74. The van der Waals surface area contributed by atoms with Crippen molar-refractivity contribution in [3.8, 4) is 0 Å². The first kappa shape index (κ1) is 7.58. The molecule has 0 aromatic heterocycles. The zero-order valence-electron chi connectivity index (χ0n) is 4.13. The van der Waals surface area contributed by atoms with Gasteiger partial charge in [0, 0.05) is 0 Å². The summed E-state index contributed by atoms with van der Waals surface area (Å²) in [6, 6.07) is 0. The number of rotatable bonds is 2. The predicted octanol–water partition coefficient (Wildman–Crippen LogP) is 0.971. The molecule has 0 amide bonds. The van der Waals surface area contributed by atoms with Gasteiger partial charge in [-0.15, -0.1) is 0 Å². The van der Waals surface area contributed by atoms with Gasteiger partial charge >= 0.3 is 11.4 Å². The minimum Gasteiger partial charge on any atom is -0.385 e. The molecule has 0 fully saturated rings. The van der Waals surface area contributed by atoms with Gasteiger partial charge in [0.05, 0.1) is 0 Å². The highest BCUT2D eigenvalue weighted by Crippen LogP contribution is 1.93. The Morgan fingerprint density at radius 3 is 2.62 bits per heavy atom. The molecule has 0 aromatic rings. The molecular weight excluding hydrogens is 135 g/mol. The maximum Gasteiger partial charge on any atom is 0.356 e. The van der Waals surface area contributed by atoms with Crippen molar-refractivity contribution in [2.75, 3.05) is 0 Å². The van der Waals surface area contributed by atoms with Crippen molar-refractivity contribution in [2.45, 2.75) is 6.92 Å². The second kappa shape index (κ2) is 3.57. The molecule has 48 valence electrons. The molecule has 8 heavy (non-hydrogen) atoms. The van der Waals surface area contributed by atoms with Crippen molar-refractivity contribution >= 4 is 11.4 Å². The fourth-order valence-corrected chi connectivity index (χ4v) is 0.322. The van der Waals surface area contributed by atoms with Crippen molar-refractivity contribution in [3.05, 3.63) is 12.1 Å². The van der Waals surface area contributed by atoms with Crippen LogP contribution in [0.4, 0.5) is 4.39 Å². The lowest BCUT2D eigenvalue weighted by Gasteiger charge is -1.86. The van der Waals surface area contributed by atoms with E-state index in [2.05, 4.69) is 4.18 Å². The van der Waals surface area contributed by atoms with Gasteiger partial charge in [-0.2, -0.15) is 4.21 Å². The summed E-state index contributed by atoms with van der Waals surface area (Å²) in [5.41, 5.74) is 0. The molecule has 0 rings (SSSR count). The lowest BCUT2D eigenvalue weighted by atomic mass is 10.7. The van der Waals surface area contributed by atoms with Gasteiger partial charge < -0.3 is 4.18 Å². The molecule has 0 spiro atoms. The van der Waals surface area contributed by atoms with E-state index in [1.165, 1.54) is 0 Å². The van der Waals surface area contributed by atoms with Gasteiger partial charge in [0.2, 0.25) is 0 Å². The van der Waals surface area contributed by atoms with Crippen LogP contribution < -0.4 is 0 Å². The molecule has 5 heteroatoms. The number of halogens is 1. The smallest absolute Gasteiger partial charge is 0.356 e. The van der Waals surface area contributed by atoms with Crippen molar-refractivity contribution in [3.63, 3.8) is 0 Å². The van der Waals surface area contributed by atoms with E-state index in [1.54, 1.807) is 0 Å². The number of allylic oxidation sites excluding steroid dienone is 1. The van der Waals surface area contributed by atoms with Crippen LogP contribution in [0.25, 0.3) is 0 Å². The van der Waals surface area contributed by atoms with Crippen LogP contribution in [0.5, 0.6) is 0 Å². The molecule has 0 bridgehead atoms. The Kier molecular flexibility index (Phi) is 3.38. The van der Waals surface area contributed by atoms with Gasteiger partial charge in [-0.3, -0.25) is 4.55 Å². The Morgan fingerprint density at radius 1 is 2.00 bits per heavy atom. The maximum atomic E-state index is 11.6. The van der Waals surface area contributed by atoms with Gasteiger partial charge in [-0.05, 0) is 6.92 Å². The lowest BCUT2D eigenvalue weighted by Crippen LogP contribution is -1.85. The normalized spacial score (nSPS) is 15.6. The lowest BCUT2D eigenvalue weighted by molar-refractivity contribution is 0.406. The van der Waals surface area contributed by atoms with Crippen LogP contribution in [0.15, 0.2) is 12.1 Å². The Bertz CT molecular complexity index is 118. The number of hydrogen-bond donors (Lipinski definition) is 1.